The van der Waals surface area contributed by atoms with Crippen LogP contribution in [-0.2, 0) is 43.6 Å². The molecule has 2 fully saturated rings. The van der Waals surface area contributed by atoms with Crippen LogP contribution in [0.5, 0.6) is 5.75 Å². The third-order valence-corrected chi connectivity index (χ3v) is 13.9. The first-order chi connectivity index (χ1) is 34.3. The molecule has 5 aliphatic rings. The van der Waals surface area contributed by atoms with Crippen molar-refractivity contribution in [3.8, 4) is 11.8 Å². The predicted molar refractivity (Wildman–Crippen MR) is 257 cm³/mol. The quantitative estimate of drug-likeness (QED) is 0.103. The van der Waals surface area contributed by atoms with E-state index in [1.165, 1.54) is 6.07 Å². The Morgan fingerprint density at radius 3 is 2.39 bits per heavy atom. The maximum absolute atomic E-state index is 14.0. The monoisotopic (exact) mass is 989 g/mol. The Kier molecular flexibility index (Phi) is 14.8. The summed E-state index contributed by atoms with van der Waals surface area (Å²) < 4.78 is 34.4. The molecule has 6 amide bonds. The average Bonchev–Trinajstić information content (AvgIpc) is 4.06. The number of ether oxygens (including phenoxy) is 1. The van der Waals surface area contributed by atoms with Crippen LogP contribution in [0.25, 0.3) is 0 Å². The number of alkyl halides is 2. The van der Waals surface area contributed by atoms with Crippen LogP contribution >= 0.6 is 0 Å². The molecule has 4 aliphatic heterocycles. The third-order valence-electron chi connectivity index (χ3n) is 13.9. The molecule has 2 saturated heterocycles. The molecule has 0 bridgehead atoms. The summed E-state index contributed by atoms with van der Waals surface area (Å²) in [7, 11) is 7.79. The van der Waals surface area contributed by atoms with Crippen LogP contribution in [0.4, 0.5) is 14.5 Å². The van der Waals surface area contributed by atoms with Gasteiger partial charge in [-0.2, -0.15) is 5.26 Å². The van der Waals surface area contributed by atoms with Gasteiger partial charge in [-0.05, 0) is 67.0 Å². The van der Waals surface area contributed by atoms with Gasteiger partial charge < -0.3 is 45.8 Å². The maximum Gasteiger partial charge on any atom is 0.336 e. The number of hydrogen-bond donors (Lipinski definition) is 5. The van der Waals surface area contributed by atoms with Crippen LogP contribution in [0.15, 0.2) is 78.6 Å². The number of nitriles is 1. The molecule has 8 rings (SSSR count). The highest BCUT2D eigenvalue weighted by atomic mass is 19.3. The number of carboxylic acid groups (broad SMARTS) is 1. The van der Waals surface area contributed by atoms with E-state index in [1.54, 1.807) is 29.2 Å². The van der Waals surface area contributed by atoms with Crippen LogP contribution in [-0.4, -0.2) is 133 Å². The number of amides is 6. The minimum Gasteiger partial charge on any atom is -0.478 e. The summed E-state index contributed by atoms with van der Waals surface area (Å²) in [5.74, 6) is -7.58. The fraction of sp³-hybridized carbons (Fsp3) is 0.423. The van der Waals surface area contributed by atoms with Crippen molar-refractivity contribution in [2.45, 2.75) is 81.7 Å². The molecule has 0 radical (unpaired) electrons. The van der Waals surface area contributed by atoms with Gasteiger partial charge in [0.05, 0.1) is 18.2 Å². The lowest BCUT2D eigenvalue weighted by Crippen LogP contribution is -2.46. The molecule has 0 aromatic heterocycles. The Labute approximate surface area is 415 Å². The van der Waals surface area contributed by atoms with E-state index >= 15 is 0 Å². The van der Waals surface area contributed by atoms with Crippen molar-refractivity contribution in [1.29, 1.82) is 5.26 Å². The first kappa shape index (κ1) is 50.7. The Morgan fingerprint density at radius 2 is 1.67 bits per heavy atom. The van der Waals surface area contributed by atoms with Crippen molar-refractivity contribution < 1.29 is 52.2 Å². The lowest BCUT2D eigenvalue weighted by molar-refractivity contribution is -0.135. The number of carbonyl (C=O) groups excluding carboxylic acids is 6. The zero-order valence-corrected chi connectivity index (χ0v) is 40.4. The fourth-order valence-corrected chi connectivity index (χ4v) is 10.0. The van der Waals surface area contributed by atoms with Gasteiger partial charge in [-0.25, -0.2) is 13.6 Å². The molecule has 4 unspecified atom stereocenters. The summed E-state index contributed by atoms with van der Waals surface area (Å²) in [6.07, 6.45) is 4.86. The second kappa shape index (κ2) is 21.0. The Bertz CT molecular complexity index is 2810. The number of carbonyl (C=O) groups is 7. The van der Waals surface area contributed by atoms with Crippen LogP contribution in [0.1, 0.15) is 86.6 Å². The molecule has 0 saturated carbocycles. The lowest BCUT2D eigenvalue weighted by atomic mass is 9.74. The Hall–Kier alpha value is -7.66. The van der Waals surface area contributed by atoms with Gasteiger partial charge in [-0.3, -0.25) is 33.7 Å². The summed E-state index contributed by atoms with van der Waals surface area (Å²) in [6, 6.07) is 15.3. The number of rotatable bonds is 16. The number of benzene rings is 3. The average molecular weight is 990 g/mol. The molecule has 18 nitrogen and oxygen atoms in total. The maximum atomic E-state index is 14.0. The van der Waals surface area contributed by atoms with Crippen molar-refractivity contribution in [1.82, 2.24) is 36.0 Å². The highest BCUT2D eigenvalue weighted by molar-refractivity contribution is 5.99. The Morgan fingerprint density at radius 1 is 0.931 bits per heavy atom. The smallest absolute Gasteiger partial charge is 0.336 e. The van der Waals surface area contributed by atoms with Crippen LogP contribution in [0, 0.1) is 23.2 Å². The normalized spacial score (nSPS) is 22.4. The van der Waals surface area contributed by atoms with Crippen LogP contribution in [0.3, 0.4) is 0 Å². The molecule has 20 heteroatoms. The number of nitrogens with one attached hydrogen (secondary N) is 4. The summed E-state index contributed by atoms with van der Waals surface area (Å²) in [5.41, 5.74) is 4.85. The second-order valence-corrected chi connectivity index (χ2v) is 19.3. The molecule has 5 N–H and O–H groups in total. The van der Waals surface area contributed by atoms with Crippen molar-refractivity contribution in [2.75, 3.05) is 52.7 Å². The molecular weight excluding hydrogens is 933 g/mol. The number of anilines is 1. The van der Waals surface area contributed by atoms with E-state index in [-0.39, 0.29) is 93.3 Å². The van der Waals surface area contributed by atoms with Gasteiger partial charge in [0.2, 0.25) is 29.5 Å². The molecule has 4 heterocycles. The van der Waals surface area contributed by atoms with E-state index in [4.69, 9.17) is 4.74 Å². The third kappa shape index (κ3) is 11.0. The van der Waals surface area contributed by atoms with Crippen LogP contribution < -0.4 is 30.9 Å². The van der Waals surface area contributed by atoms with Gasteiger partial charge in [0, 0.05) is 119 Å². The van der Waals surface area contributed by atoms with E-state index in [2.05, 4.69) is 27.3 Å². The molecule has 72 heavy (non-hydrogen) atoms. The van der Waals surface area contributed by atoms with E-state index < -0.39 is 72.4 Å². The van der Waals surface area contributed by atoms with E-state index in [0.29, 0.717) is 17.1 Å². The van der Waals surface area contributed by atoms with E-state index in [1.807, 2.05) is 80.5 Å². The molecule has 3 aromatic carbocycles. The zero-order chi connectivity index (χ0) is 51.6. The number of halogens is 2. The summed E-state index contributed by atoms with van der Waals surface area (Å²) in [5, 5.41) is 30.5. The van der Waals surface area contributed by atoms with Crippen molar-refractivity contribution in [3.05, 3.63) is 118 Å². The zero-order valence-electron chi connectivity index (χ0n) is 40.4. The molecule has 6 atom stereocenters. The molecule has 0 spiro atoms. The molecule has 378 valence electrons. The number of allylic oxidation sites excluding steroid dienone is 1. The van der Waals surface area contributed by atoms with Gasteiger partial charge in [0.1, 0.15) is 23.6 Å². The van der Waals surface area contributed by atoms with Gasteiger partial charge in [-0.15, -0.1) is 0 Å². The number of likely N-dealkylation sites (tertiary alicyclic amines) is 1. The summed E-state index contributed by atoms with van der Waals surface area (Å²) >= 11 is 0. The van der Waals surface area contributed by atoms with Gasteiger partial charge >= 0.3 is 5.97 Å². The molecule has 3 aromatic rings. The highest BCUT2D eigenvalue weighted by Gasteiger charge is 2.50. The van der Waals surface area contributed by atoms with Crippen molar-refractivity contribution >= 4 is 47.1 Å². The summed E-state index contributed by atoms with van der Waals surface area (Å²) in [4.78, 5) is 97.2. The topological polar surface area (TPSA) is 234 Å². The lowest BCUT2D eigenvalue weighted by Gasteiger charge is -2.38. The van der Waals surface area contributed by atoms with Gasteiger partial charge in [-0.1, -0.05) is 42.5 Å². The standard InChI is InChI=1S/C52H57F2N9O9/c1-60(2)33-9-12-37-42(21-33)72-43-22-34(61(3)4)10-13-38(43)47(37)36-11-8-29(18-39(36)51(70)71)48(67)57-17-16-56-44(64)14-15-45(65)58-25-30-6-5-7-31-26-62(27-40(30)31)46(66)20-32-19-41(59-49(32)68)50(69)63-28-52(53,54)23-35(63)24-55/h5-13,18,21-22,32-33,35,37,41,47H,14-17,19-20,23,25-28H2,1-4H3,(H,56,64)(H,57,67)(H,58,65)(H,59,68)(H,70,71)/t32-,33?,35?,37?,41-,47?/m0/s1. The van der Waals surface area contributed by atoms with E-state index in [9.17, 15) is 52.7 Å². The van der Waals surface area contributed by atoms with Crippen molar-refractivity contribution in [2.24, 2.45) is 11.8 Å². The predicted octanol–water partition coefficient (Wildman–Crippen LogP) is 3.41. The minimum atomic E-state index is -3.20. The van der Waals surface area contributed by atoms with E-state index in [0.717, 1.165) is 32.8 Å². The number of fused-ring (bicyclic) bond motifs is 3. The van der Waals surface area contributed by atoms with Crippen molar-refractivity contribution in [3.63, 3.8) is 0 Å². The second-order valence-electron chi connectivity index (χ2n) is 19.3. The number of likely N-dealkylation sites (N-methyl/N-ethyl adjacent to an activating group) is 1. The highest BCUT2D eigenvalue weighted by Crippen LogP contribution is 2.49. The number of hydrogen-bond acceptors (Lipinski definition) is 11. The van der Waals surface area contributed by atoms with Gasteiger partial charge in [0.25, 0.3) is 11.8 Å². The van der Waals surface area contributed by atoms with Crippen LogP contribution in [0.2, 0.25) is 0 Å². The Balaban J connectivity index is 0.784. The number of nitrogens with zero attached hydrogens (tertiary/aromatic N) is 5. The molecular formula is C52H57F2N9O9. The number of aromatic carboxylic acids is 1. The first-order valence-electron chi connectivity index (χ1n) is 23.8. The first-order valence-corrected chi connectivity index (χ1v) is 23.8. The van der Waals surface area contributed by atoms with Gasteiger partial charge in [0.15, 0.2) is 0 Å². The number of carboxylic acids is 1. The minimum absolute atomic E-state index is 0.0101. The largest absolute Gasteiger partial charge is 0.478 e. The fourth-order valence-electron chi connectivity index (χ4n) is 10.0. The SMILES string of the molecule is CN(C)c1ccc2c(c1)OC1=CC(N(C)C)C=CC1C2c1ccc(C(=O)NCCNC(=O)CCC(=O)NCc2cccc3c2CN(C(=O)C[C@@H]2C[C@@H](C(=O)N4CC(F)(F)CC4C#N)NC2=O)C3)cc1C(=O)O. The summed E-state index contributed by atoms with van der Waals surface area (Å²) in [6.45, 7) is -0.213. The molecule has 1 aliphatic carbocycles.